The van der Waals surface area contributed by atoms with E-state index in [4.69, 9.17) is 5.11 Å². The third kappa shape index (κ3) is 2.64. The molecule has 1 fully saturated rings. The third-order valence-electron chi connectivity index (χ3n) is 3.76. The van der Waals surface area contributed by atoms with Gasteiger partial charge >= 0.3 is 5.97 Å². The second-order valence-corrected chi connectivity index (χ2v) is 5.08. The molecule has 1 saturated carbocycles. The highest BCUT2D eigenvalue weighted by molar-refractivity contribution is 5.87. The van der Waals surface area contributed by atoms with Crippen molar-refractivity contribution in [2.24, 2.45) is 5.92 Å². The van der Waals surface area contributed by atoms with E-state index >= 15 is 0 Å². The summed E-state index contributed by atoms with van der Waals surface area (Å²) in [5.41, 5.74) is 0.307. The van der Waals surface area contributed by atoms with Crippen molar-refractivity contribution in [2.75, 3.05) is 7.05 Å². The molecule has 0 aliphatic heterocycles. The Kier molecular flexibility index (Phi) is 3.74. The Labute approximate surface area is 115 Å². The molecule has 1 N–H and O–H groups in total. The van der Waals surface area contributed by atoms with Crippen molar-refractivity contribution in [1.82, 2.24) is 4.90 Å². The molecule has 108 valence electrons. The van der Waals surface area contributed by atoms with E-state index in [-0.39, 0.29) is 11.8 Å². The predicted octanol–water partition coefficient (Wildman–Crippen LogP) is 2.00. The minimum absolute atomic E-state index is 0.299. The quantitative estimate of drug-likeness (QED) is 0.919. The molecule has 1 aromatic rings. The van der Waals surface area contributed by atoms with Gasteiger partial charge in [-0.3, -0.25) is 4.79 Å². The number of carboxylic acids is 1. The highest BCUT2D eigenvalue weighted by Crippen LogP contribution is 2.49. The van der Waals surface area contributed by atoms with Crippen LogP contribution in [0.4, 0.5) is 8.78 Å². The van der Waals surface area contributed by atoms with Gasteiger partial charge in [0.05, 0.1) is 0 Å². The number of carboxylic acid groups (broad SMARTS) is 1. The fourth-order valence-corrected chi connectivity index (χ4v) is 2.23. The zero-order valence-electron chi connectivity index (χ0n) is 11.1. The van der Waals surface area contributed by atoms with Crippen molar-refractivity contribution in [3.05, 3.63) is 35.4 Å². The summed E-state index contributed by atoms with van der Waals surface area (Å²) in [5, 5.41) is 8.87. The van der Waals surface area contributed by atoms with Gasteiger partial charge in [-0.1, -0.05) is 6.07 Å². The summed E-state index contributed by atoms with van der Waals surface area (Å²) in [5.74, 6) is -3.47. The maximum atomic E-state index is 13.6. The zero-order chi connectivity index (χ0) is 15.0. The molecule has 6 heteroatoms. The average molecular weight is 283 g/mol. The topological polar surface area (TPSA) is 57.6 Å². The van der Waals surface area contributed by atoms with Gasteiger partial charge in [-0.2, -0.15) is 0 Å². The zero-order valence-corrected chi connectivity index (χ0v) is 11.1. The van der Waals surface area contributed by atoms with Crippen LogP contribution in [-0.2, 0) is 9.59 Å². The van der Waals surface area contributed by atoms with Gasteiger partial charge in [-0.15, -0.1) is 0 Å². The number of hydrogen-bond donors (Lipinski definition) is 1. The largest absolute Gasteiger partial charge is 0.480 e. The molecular weight excluding hydrogens is 268 g/mol. The molecule has 2 rings (SSSR count). The van der Waals surface area contributed by atoms with E-state index in [0.29, 0.717) is 12.0 Å². The van der Waals surface area contributed by atoms with Crippen molar-refractivity contribution >= 4 is 11.9 Å². The summed E-state index contributed by atoms with van der Waals surface area (Å²) in [6.45, 7) is 1.41. The van der Waals surface area contributed by atoms with Crippen LogP contribution < -0.4 is 0 Å². The van der Waals surface area contributed by atoms with Gasteiger partial charge in [0.25, 0.3) is 0 Å². The number of aliphatic carboxylic acids is 1. The van der Waals surface area contributed by atoms with E-state index in [0.717, 1.165) is 17.0 Å². The molecule has 20 heavy (non-hydrogen) atoms. The van der Waals surface area contributed by atoms with Crippen LogP contribution in [0.3, 0.4) is 0 Å². The van der Waals surface area contributed by atoms with Gasteiger partial charge in [-0.05, 0) is 30.9 Å². The van der Waals surface area contributed by atoms with Crippen LogP contribution in [0, 0.1) is 17.6 Å². The fraction of sp³-hybridized carbons (Fsp3) is 0.429. The van der Waals surface area contributed by atoms with Gasteiger partial charge < -0.3 is 10.0 Å². The Morgan fingerprint density at radius 3 is 2.60 bits per heavy atom. The lowest BCUT2D eigenvalue weighted by Crippen LogP contribution is -2.41. The molecule has 0 unspecified atom stereocenters. The van der Waals surface area contributed by atoms with E-state index < -0.39 is 29.6 Å². The van der Waals surface area contributed by atoms with Crippen LogP contribution in [0.2, 0.25) is 0 Å². The molecule has 0 radical (unpaired) electrons. The molecule has 0 spiro atoms. The van der Waals surface area contributed by atoms with E-state index in [9.17, 15) is 18.4 Å². The Morgan fingerprint density at radius 1 is 1.40 bits per heavy atom. The van der Waals surface area contributed by atoms with Gasteiger partial charge in [0.1, 0.15) is 17.7 Å². The number of halogens is 2. The first kappa shape index (κ1) is 14.4. The number of rotatable bonds is 4. The van der Waals surface area contributed by atoms with Crippen LogP contribution in [0.25, 0.3) is 0 Å². The Hall–Kier alpha value is -1.98. The highest BCUT2D eigenvalue weighted by atomic mass is 19.1. The van der Waals surface area contributed by atoms with E-state index in [1.807, 2.05) is 0 Å². The first-order valence-corrected chi connectivity index (χ1v) is 6.27. The van der Waals surface area contributed by atoms with Crippen molar-refractivity contribution in [2.45, 2.75) is 25.3 Å². The molecule has 4 nitrogen and oxygen atoms in total. The number of nitrogens with zero attached hydrogens (tertiary/aromatic N) is 1. The first-order chi connectivity index (χ1) is 9.32. The lowest BCUT2D eigenvalue weighted by atomic mass is 10.1. The highest BCUT2D eigenvalue weighted by Gasteiger charge is 2.47. The number of amides is 1. The van der Waals surface area contributed by atoms with Crippen molar-refractivity contribution < 1.29 is 23.5 Å². The van der Waals surface area contributed by atoms with Crippen molar-refractivity contribution in [1.29, 1.82) is 0 Å². The standard InChI is InChI=1S/C14H15F2NO3/c1-7(14(19)20)17(2)13(18)11-6-10(11)9-4-3-8(15)5-12(9)16/h3-5,7,10-11H,6H2,1-2H3,(H,19,20)/t7-,10+,11-/m1/s1. The lowest BCUT2D eigenvalue weighted by molar-refractivity contribution is -0.148. The smallest absolute Gasteiger partial charge is 0.326 e. The normalized spacial score (nSPS) is 22.2. The molecular formula is C14H15F2NO3. The number of benzene rings is 1. The van der Waals surface area contributed by atoms with Gasteiger partial charge in [-0.25, -0.2) is 13.6 Å². The second-order valence-electron chi connectivity index (χ2n) is 5.08. The minimum Gasteiger partial charge on any atom is -0.480 e. The van der Waals surface area contributed by atoms with Gasteiger partial charge in [0, 0.05) is 19.0 Å². The Bertz CT molecular complexity index is 561. The van der Waals surface area contributed by atoms with Crippen LogP contribution in [-0.4, -0.2) is 35.0 Å². The number of hydrogen-bond acceptors (Lipinski definition) is 2. The molecule has 0 saturated heterocycles. The van der Waals surface area contributed by atoms with Crippen LogP contribution in [0.5, 0.6) is 0 Å². The summed E-state index contributed by atoms with van der Waals surface area (Å²) in [6, 6.07) is 2.35. The van der Waals surface area contributed by atoms with Crippen molar-refractivity contribution in [3.8, 4) is 0 Å². The molecule has 1 aromatic carbocycles. The molecule has 0 heterocycles. The monoisotopic (exact) mass is 283 g/mol. The van der Waals surface area contributed by atoms with E-state index in [1.165, 1.54) is 20.0 Å². The average Bonchev–Trinajstić information content (AvgIpc) is 3.16. The molecule has 0 aromatic heterocycles. The van der Waals surface area contributed by atoms with Crippen LogP contribution in [0.1, 0.15) is 24.8 Å². The fourth-order valence-electron chi connectivity index (χ4n) is 2.23. The lowest BCUT2D eigenvalue weighted by Gasteiger charge is -2.21. The maximum Gasteiger partial charge on any atom is 0.326 e. The van der Waals surface area contributed by atoms with Gasteiger partial charge in [0.15, 0.2) is 0 Å². The molecule has 3 atom stereocenters. The summed E-state index contributed by atoms with van der Waals surface area (Å²) in [7, 11) is 1.41. The molecule has 0 bridgehead atoms. The minimum atomic E-state index is -1.09. The SMILES string of the molecule is C[C@H](C(=O)O)N(C)C(=O)[C@@H]1C[C@H]1c1ccc(F)cc1F. The van der Waals surface area contributed by atoms with Gasteiger partial charge in [0.2, 0.25) is 5.91 Å². The predicted molar refractivity (Wildman–Crippen MR) is 67.1 cm³/mol. The summed E-state index contributed by atoms with van der Waals surface area (Å²) in [4.78, 5) is 24.1. The van der Waals surface area contributed by atoms with E-state index in [2.05, 4.69) is 0 Å². The second kappa shape index (κ2) is 5.19. The van der Waals surface area contributed by atoms with Crippen LogP contribution in [0.15, 0.2) is 18.2 Å². The molecule has 1 aliphatic carbocycles. The molecule has 1 amide bonds. The van der Waals surface area contributed by atoms with Crippen molar-refractivity contribution in [3.63, 3.8) is 0 Å². The third-order valence-corrected chi connectivity index (χ3v) is 3.76. The first-order valence-electron chi connectivity index (χ1n) is 6.27. The number of carbonyl (C=O) groups is 2. The maximum absolute atomic E-state index is 13.6. The summed E-state index contributed by atoms with van der Waals surface area (Å²) >= 11 is 0. The van der Waals surface area contributed by atoms with Crippen LogP contribution >= 0.6 is 0 Å². The number of likely N-dealkylation sites (N-methyl/N-ethyl adjacent to an activating group) is 1. The summed E-state index contributed by atoms with van der Waals surface area (Å²) in [6.07, 6.45) is 0.456. The number of carbonyl (C=O) groups excluding carboxylic acids is 1. The summed E-state index contributed by atoms with van der Waals surface area (Å²) < 4.78 is 26.4. The Morgan fingerprint density at radius 2 is 2.05 bits per heavy atom. The van der Waals surface area contributed by atoms with E-state index in [1.54, 1.807) is 0 Å². The Balaban J connectivity index is 2.08. The molecule has 1 aliphatic rings.